The van der Waals surface area contributed by atoms with E-state index in [1.54, 1.807) is 0 Å². The highest BCUT2D eigenvalue weighted by atomic mass is 16.7. The predicted octanol–water partition coefficient (Wildman–Crippen LogP) is 1.79. The van der Waals surface area contributed by atoms with E-state index in [0.29, 0.717) is 5.92 Å². The van der Waals surface area contributed by atoms with Crippen molar-refractivity contribution >= 4 is 0 Å². The maximum absolute atomic E-state index is 5.56. The van der Waals surface area contributed by atoms with E-state index in [-0.39, 0.29) is 11.9 Å². The van der Waals surface area contributed by atoms with Gasteiger partial charge < -0.3 is 9.47 Å². The SMILES string of the molecule is C[C@@H]1OC[C@H](C)C(C)(C)O1. The van der Waals surface area contributed by atoms with E-state index in [4.69, 9.17) is 9.47 Å². The first kappa shape index (κ1) is 8.02. The molecule has 2 heteroatoms. The van der Waals surface area contributed by atoms with E-state index in [2.05, 4.69) is 20.8 Å². The molecular formula is C8H16O2. The molecule has 0 amide bonds. The Kier molecular flexibility index (Phi) is 2.02. The maximum Gasteiger partial charge on any atom is 0.155 e. The molecule has 0 aromatic rings. The average Bonchev–Trinajstić information content (AvgIpc) is 1.78. The molecule has 0 N–H and O–H groups in total. The van der Waals surface area contributed by atoms with E-state index in [0.717, 1.165) is 6.61 Å². The Balaban J connectivity index is 2.55. The van der Waals surface area contributed by atoms with Gasteiger partial charge in [-0.2, -0.15) is 0 Å². The van der Waals surface area contributed by atoms with Crippen molar-refractivity contribution in [1.29, 1.82) is 0 Å². The maximum atomic E-state index is 5.56. The zero-order valence-corrected chi connectivity index (χ0v) is 7.18. The first-order valence-corrected chi connectivity index (χ1v) is 3.82. The third-order valence-electron chi connectivity index (χ3n) is 2.24. The second-order valence-corrected chi connectivity index (χ2v) is 3.52. The van der Waals surface area contributed by atoms with E-state index >= 15 is 0 Å². The smallest absolute Gasteiger partial charge is 0.155 e. The molecule has 2 atom stereocenters. The summed E-state index contributed by atoms with van der Waals surface area (Å²) in [5.41, 5.74) is -0.0162. The van der Waals surface area contributed by atoms with E-state index in [1.807, 2.05) is 6.92 Å². The summed E-state index contributed by atoms with van der Waals surface area (Å²) in [6.07, 6.45) is -0.0359. The molecule has 0 aromatic carbocycles. The van der Waals surface area contributed by atoms with Crippen molar-refractivity contribution in [3.63, 3.8) is 0 Å². The Morgan fingerprint density at radius 2 is 1.90 bits per heavy atom. The van der Waals surface area contributed by atoms with Crippen molar-refractivity contribution in [1.82, 2.24) is 0 Å². The molecule has 1 aliphatic rings. The zero-order chi connectivity index (χ0) is 7.78. The Morgan fingerprint density at radius 3 is 2.30 bits per heavy atom. The van der Waals surface area contributed by atoms with Crippen molar-refractivity contribution in [2.75, 3.05) is 6.61 Å². The van der Waals surface area contributed by atoms with Gasteiger partial charge in [0.2, 0.25) is 0 Å². The lowest BCUT2D eigenvalue weighted by molar-refractivity contribution is -0.259. The van der Waals surface area contributed by atoms with Crippen LogP contribution in [0.2, 0.25) is 0 Å². The van der Waals surface area contributed by atoms with Gasteiger partial charge in [-0.15, -0.1) is 0 Å². The highest BCUT2D eigenvalue weighted by Crippen LogP contribution is 2.27. The van der Waals surface area contributed by atoms with Crippen LogP contribution in [-0.2, 0) is 9.47 Å². The third-order valence-corrected chi connectivity index (χ3v) is 2.24. The molecule has 1 rings (SSSR count). The van der Waals surface area contributed by atoms with Crippen molar-refractivity contribution in [3.05, 3.63) is 0 Å². The largest absolute Gasteiger partial charge is 0.353 e. The van der Waals surface area contributed by atoms with Crippen LogP contribution < -0.4 is 0 Å². The first-order chi connectivity index (χ1) is 4.52. The second kappa shape index (κ2) is 2.51. The summed E-state index contributed by atoms with van der Waals surface area (Å²) in [5.74, 6) is 0.490. The van der Waals surface area contributed by atoms with Crippen LogP contribution in [0.3, 0.4) is 0 Å². The van der Waals surface area contributed by atoms with Gasteiger partial charge in [0.05, 0.1) is 12.2 Å². The molecule has 0 unspecified atom stereocenters. The average molecular weight is 144 g/mol. The molecule has 0 saturated carbocycles. The molecule has 1 saturated heterocycles. The molecule has 0 aliphatic carbocycles. The monoisotopic (exact) mass is 144 g/mol. The predicted molar refractivity (Wildman–Crippen MR) is 39.7 cm³/mol. The fraction of sp³-hybridized carbons (Fsp3) is 1.00. The summed E-state index contributed by atoms with van der Waals surface area (Å²) in [6.45, 7) is 9.11. The molecule has 1 heterocycles. The number of rotatable bonds is 0. The van der Waals surface area contributed by atoms with Crippen LogP contribution in [0.5, 0.6) is 0 Å². The fourth-order valence-electron chi connectivity index (χ4n) is 1.06. The van der Waals surface area contributed by atoms with E-state index < -0.39 is 0 Å². The van der Waals surface area contributed by atoms with Crippen LogP contribution in [0.25, 0.3) is 0 Å². The third kappa shape index (κ3) is 1.50. The van der Waals surface area contributed by atoms with Gasteiger partial charge in [-0.25, -0.2) is 0 Å². The van der Waals surface area contributed by atoms with Gasteiger partial charge in [-0.05, 0) is 20.8 Å². The Labute approximate surface area is 62.5 Å². The van der Waals surface area contributed by atoms with Gasteiger partial charge in [-0.1, -0.05) is 6.92 Å². The molecule has 0 bridgehead atoms. The molecular weight excluding hydrogens is 128 g/mol. The lowest BCUT2D eigenvalue weighted by atomic mass is 9.92. The van der Waals surface area contributed by atoms with Crippen LogP contribution in [0.4, 0.5) is 0 Å². The normalized spacial score (nSPS) is 39.6. The Hall–Kier alpha value is -0.0800. The van der Waals surface area contributed by atoms with Gasteiger partial charge in [0.1, 0.15) is 0 Å². The lowest BCUT2D eigenvalue weighted by Gasteiger charge is -2.39. The van der Waals surface area contributed by atoms with Crippen molar-refractivity contribution in [3.8, 4) is 0 Å². The van der Waals surface area contributed by atoms with Crippen LogP contribution in [-0.4, -0.2) is 18.5 Å². The van der Waals surface area contributed by atoms with Gasteiger partial charge in [0, 0.05) is 5.92 Å². The summed E-state index contributed by atoms with van der Waals surface area (Å²) in [4.78, 5) is 0. The standard InChI is InChI=1S/C8H16O2/c1-6-5-9-7(2)10-8(6,3)4/h6-7H,5H2,1-4H3/t6-,7+/m0/s1. The number of hydrogen-bond acceptors (Lipinski definition) is 2. The first-order valence-electron chi connectivity index (χ1n) is 3.82. The quantitative estimate of drug-likeness (QED) is 0.516. The van der Waals surface area contributed by atoms with Crippen LogP contribution in [0.1, 0.15) is 27.7 Å². The Morgan fingerprint density at radius 1 is 1.30 bits per heavy atom. The highest BCUT2D eigenvalue weighted by Gasteiger charge is 2.33. The van der Waals surface area contributed by atoms with Crippen molar-refractivity contribution in [2.24, 2.45) is 5.92 Å². The van der Waals surface area contributed by atoms with Gasteiger partial charge >= 0.3 is 0 Å². The summed E-state index contributed by atoms with van der Waals surface area (Å²) >= 11 is 0. The van der Waals surface area contributed by atoms with Crippen LogP contribution in [0, 0.1) is 5.92 Å². The topological polar surface area (TPSA) is 18.5 Å². The molecule has 1 aliphatic heterocycles. The minimum atomic E-state index is -0.0359. The summed E-state index contributed by atoms with van der Waals surface area (Å²) in [6, 6.07) is 0. The minimum absolute atomic E-state index is 0.0162. The number of hydrogen-bond donors (Lipinski definition) is 0. The molecule has 60 valence electrons. The van der Waals surface area contributed by atoms with Crippen molar-refractivity contribution < 1.29 is 9.47 Å². The molecule has 0 aromatic heterocycles. The molecule has 2 nitrogen and oxygen atoms in total. The molecule has 1 fully saturated rings. The fourth-order valence-corrected chi connectivity index (χ4v) is 1.06. The van der Waals surface area contributed by atoms with Gasteiger partial charge in [-0.3, -0.25) is 0 Å². The van der Waals surface area contributed by atoms with E-state index in [1.165, 1.54) is 0 Å². The highest BCUT2D eigenvalue weighted by molar-refractivity contribution is 4.78. The van der Waals surface area contributed by atoms with Crippen LogP contribution in [0.15, 0.2) is 0 Å². The molecule has 0 radical (unpaired) electrons. The van der Waals surface area contributed by atoms with E-state index in [9.17, 15) is 0 Å². The van der Waals surface area contributed by atoms with Gasteiger partial charge in [0.15, 0.2) is 6.29 Å². The number of ether oxygens (including phenoxy) is 2. The van der Waals surface area contributed by atoms with Gasteiger partial charge in [0.25, 0.3) is 0 Å². The Bertz CT molecular complexity index is 120. The molecule has 10 heavy (non-hydrogen) atoms. The summed E-state index contributed by atoms with van der Waals surface area (Å²) in [7, 11) is 0. The lowest BCUT2D eigenvalue weighted by Crippen LogP contribution is -2.44. The van der Waals surface area contributed by atoms with Crippen molar-refractivity contribution in [2.45, 2.75) is 39.6 Å². The summed E-state index contributed by atoms with van der Waals surface area (Å²) in [5, 5.41) is 0. The van der Waals surface area contributed by atoms with Crippen LogP contribution >= 0.6 is 0 Å². The minimum Gasteiger partial charge on any atom is -0.353 e. The molecule has 0 spiro atoms. The second-order valence-electron chi connectivity index (χ2n) is 3.52. The summed E-state index contributed by atoms with van der Waals surface area (Å²) < 4.78 is 10.9. The zero-order valence-electron chi connectivity index (χ0n) is 7.18.